The number of ether oxygens (including phenoxy) is 1. The van der Waals surface area contributed by atoms with Crippen LogP contribution in [0.3, 0.4) is 0 Å². The molecule has 66 heavy (non-hydrogen) atoms. The zero-order valence-corrected chi connectivity index (χ0v) is 44.7. The Labute approximate surface area is 412 Å². The monoisotopic (exact) mass is 932 g/mol. The summed E-state index contributed by atoms with van der Waals surface area (Å²) in [7, 11) is 0. The molecule has 6 nitrogen and oxygen atoms in total. The molecule has 0 aliphatic heterocycles. The summed E-state index contributed by atoms with van der Waals surface area (Å²) >= 11 is 0. The molecule has 0 rings (SSSR count). The fourth-order valence-corrected chi connectivity index (χ4v) is 9.46. The molecule has 2 atom stereocenters. The number of carbonyl (C=O) groups excluding carboxylic acids is 2. The molecule has 0 aromatic heterocycles. The first-order valence-corrected chi connectivity index (χ1v) is 29.9. The predicted octanol–water partition coefficient (Wildman–Crippen LogP) is 18.5. The molecule has 0 spiro atoms. The summed E-state index contributed by atoms with van der Waals surface area (Å²) in [6, 6.07) is -0.540. The number of amides is 1. The van der Waals surface area contributed by atoms with Gasteiger partial charge < -0.3 is 20.3 Å². The van der Waals surface area contributed by atoms with Gasteiger partial charge in [-0.05, 0) is 51.4 Å². The second kappa shape index (κ2) is 56.2. The smallest absolute Gasteiger partial charge is 0.305 e. The van der Waals surface area contributed by atoms with Gasteiger partial charge in [0.05, 0.1) is 25.4 Å². The topological polar surface area (TPSA) is 95.9 Å². The van der Waals surface area contributed by atoms with Crippen molar-refractivity contribution in [2.75, 3.05) is 13.2 Å². The number of hydrogen-bond donors (Lipinski definition) is 3. The number of aliphatic hydroxyl groups excluding tert-OH is 2. The maximum absolute atomic E-state index is 12.4. The average molecular weight is 933 g/mol. The van der Waals surface area contributed by atoms with Crippen molar-refractivity contribution >= 4 is 11.9 Å². The van der Waals surface area contributed by atoms with Gasteiger partial charge in [-0.15, -0.1) is 0 Å². The SMILES string of the molecule is CCCCCCCC/C=C\CCCCCCCCCCCC(=O)OCCCCCCCCCCCCCCCCCCCCCCC(=O)NC(CO)C(O)CCCCCCCCCCCC. The van der Waals surface area contributed by atoms with Gasteiger partial charge in [-0.1, -0.05) is 283 Å². The lowest BCUT2D eigenvalue weighted by molar-refractivity contribution is -0.143. The van der Waals surface area contributed by atoms with Crippen LogP contribution in [0.25, 0.3) is 0 Å². The molecule has 0 aromatic carbocycles. The number of unbranched alkanes of at least 4 members (excludes halogenated alkanes) is 43. The van der Waals surface area contributed by atoms with Crippen molar-refractivity contribution in [1.29, 1.82) is 0 Å². The number of aliphatic hydroxyl groups is 2. The van der Waals surface area contributed by atoms with E-state index in [-0.39, 0.29) is 18.5 Å². The molecule has 0 aliphatic carbocycles. The van der Waals surface area contributed by atoms with Crippen LogP contribution < -0.4 is 5.32 Å². The van der Waals surface area contributed by atoms with Crippen molar-refractivity contribution in [2.24, 2.45) is 0 Å². The molecule has 0 radical (unpaired) electrons. The minimum Gasteiger partial charge on any atom is -0.466 e. The summed E-state index contributed by atoms with van der Waals surface area (Å²) < 4.78 is 5.50. The number of rotatable bonds is 56. The minimum absolute atomic E-state index is 0.0106. The maximum atomic E-state index is 12.4. The van der Waals surface area contributed by atoms with Crippen LogP contribution in [0.4, 0.5) is 0 Å². The fraction of sp³-hybridized carbons (Fsp3) is 0.933. The van der Waals surface area contributed by atoms with Crippen molar-refractivity contribution in [3.8, 4) is 0 Å². The second-order valence-electron chi connectivity index (χ2n) is 20.7. The number of nitrogens with one attached hydrogen (secondary N) is 1. The number of allylic oxidation sites excluding steroid dienone is 2. The third-order valence-corrected chi connectivity index (χ3v) is 14.1. The Balaban J connectivity index is 3.34. The Morgan fingerprint density at radius 1 is 0.409 bits per heavy atom. The Hall–Kier alpha value is -1.40. The third kappa shape index (κ3) is 52.0. The van der Waals surface area contributed by atoms with E-state index in [9.17, 15) is 19.8 Å². The summed E-state index contributed by atoms with van der Waals surface area (Å²) in [6.07, 6.45) is 66.5. The van der Waals surface area contributed by atoms with E-state index in [0.717, 1.165) is 44.9 Å². The fourth-order valence-electron chi connectivity index (χ4n) is 9.46. The standard InChI is InChI=1S/C60H117NO5/c1-3-5-7-9-11-13-15-16-17-18-21-25-28-31-34-38-42-46-50-54-60(65)66-55-51-47-43-39-35-32-29-26-23-20-19-22-24-27-30-33-37-41-45-49-53-59(64)61-57(56-62)58(63)52-48-44-40-36-14-12-10-8-6-4-2/h16-17,57-58,62-63H,3-15,18-56H2,1-2H3,(H,61,64)/b17-16-. The van der Waals surface area contributed by atoms with E-state index in [0.29, 0.717) is 25.9 Å². The zero-order valence-electron chi connectivity index (χ0n) is 44.7. The summed E-state index contributed by atoms with van der Waals surface area (Å²) in [5, 5.41) is 23.1. The molecule has 392 valence electrons. The highest BCUT2D eigenvalue weighted by atomic mass is 16.5. The molecule has 2 unspecified atom stereocenters. The predicted molar refractivity (Wildman–Crippen MR) is 287 cm³/mol. The van der Waals surface area contributed by atoms with Gasteiger partial charge in [0.1, 0.15) is 0 Å². The molecule has 0 heterocycles. The van der Waals surface area contributed by atoms with Crippen molar-refractivity contribution in [3.05, 3.63) is 12.2 Å². The van der Waals surface area contributed by atoms with Gasteiger partial charge in [0, 0.05) is 12.8 Å². The van der Waals surface area contributed by atoms with Gasteiger partial charge in [-0.25, -0.2) is 0 Å². The van der Waals surface area contributed by atoms with Crippen LogP contribution in [0.5, 0.6) is 0 Å². The highest BCUT2D eigenvalue weighted by molar-refractivity contribution is 5.76. The largest absolute Gasteiger partial charge is 0.466 e. The molecule has 0 fully saturated rings. The van der Waals surface area contributed by atoms with Crippen LogP contribution in [0.1, 0.15) is 335 Å². The van der Waals surface area contributed by atoms with Gasteiger partial charge in [0.15, 0.2) is 0 Å². The van der Waals surface area contributed by atoms with Crippen LogP contribution >= 0.6 is 0 Å². The molecule has 0 aliphatic rings. The van der Waals surface area contributed by atoms with E-state index in [2.05, 4.69) is 31.3 Å². The van der Waals surface area contributed by atoms with Crippen LogP contribution in [-0.4, -0.2) is 47.4 Å². The Morgan fingerprint density at radius 3 is 1.08 bits per heavy atom. The molecule has 1 amide bonds. The summed E-state index contributed by atoms with van der Waals surface area (Å²) in [5.41, 5.74) is 0. The number of carbonyl (C=O) groups is 2. The lowest BCUT2D eigenvalue weighted by Gasteiger charge is -2.22. The van der Waals surface area contributed by atoms with Crippen molar-refractivity contribution in [3.63, 3.8) is 0 Å². The normalized spacial score (nSPS) is 12.6. The molecule has 0 bridgehead atoms. The third-order valence-electron chi connectivity index (χ3n) is 14.1. The molecule has 3 N–H and O–H groups in total. The Kier molecular flexibility index (Phi) is 55.0. The zero-order chi connectivity index (χ0) is 47.9. The van der Waals surface area contributed by atoms with Crippen LogP contribution in [0.15, 0.2) is 12.2 Å². The number of hydrogen-bond acceptors (Lipinski definition) is 5. The van der Waals surface area contributed by atoms with Gasteiger partial charge in [0.25, 0.3) is 0 Å². The highest BCUT2D eigenvalue weighted by Crippen LogP contribution is 2.18. The summed E-state index contributed by atoms with van der Waals surface area (Å²) in [5.74, 6) is -0.0266. The van der Waals surface area contributed by atoms with Crippen LogP contribution in [-0.2, 0) is 14.3 Å². The Morgan fingerprint density at radius 2 is 0.712 bits per heavy atom. The molecule has 0 aromatic rings. The van der Waals surface area contributed by atoms with Gasteiger partial charge in [0.2, 0.25) is 5.91 Å². The number of esters is 1. The van der Waals surface area contributed by atoms with Crippen molar-refractivity contribution in [2.45, 2.75) is 347 Å². The second-order valence-corrected chi connectivity index (χ2v) is 20.7. The molecule has 0 saturated carbocycles. The van der Waals surface area contributed by atoms with Crippen LogP contribution in [0, 0.1) is 0 Å². The minimum atomic E-state index is -0.663. The highest BCUT2D eigenvalue weighted by Gasteiger charge is 2.20. The lowest BCUT2D eigenvalue weighted by atomic mass is 10.0. The first-order valence-electron chi connectivity index (χ1n) is 29.9. The molecular weight excluding hydrogens is 815 g/mol. The van der Waals surface area contributed by atoms with Gasteiger partial charge in [-0.2, -0.15) is 0 Å². The van der Waals surface area contributed by atoms with E-state index >= 15 is 0 Å². The van der Waals surface area contributed by atoms with E-state index in [1.807, 2.05) is 0 Å². The summed E-state index contributed by atoms with van der Waals surface area (Å²) in [6.45, 7) is 4.95. The van der Waals surface area contributed by atoms with E-state index in [1.165, 1.54) is 257 Å². The molecule has 6 heteroatoms. The van der Waals surface area contributed by atoms with E-state index in [1.54, 1.807) is 0 Å². The van der Waals surface area contributed by atoms with Crippen molar-refractivity contribution < 1.29 is 24.5 Å². The lowest BCUT2D eigenvalue weighted by Crippen LogP contribution is -2.45. The van der Waals surface area contributed by atoms with Gasteiger partial charge in [-0.3, -0.25) is 9.59 Å². The molecular formula is C60H117NO5. The summed E-state index contributed by atoms with van der Waals surface area (Å²) in [4.78, 5) is 24.5. The van der Waals surface area contributed by atoms with Crippen molar-refractivity contribution in [1.82, 2.24) is 5.32 Å². The van der Waals surface area contributed by atoms with Crippen LogP contribution in [0.2, 0.25) is 0 Å². The Bertz CT molecular complexity index is 986. The first kappa shape index (κ1) is 64.6. The van der Waals surface area contributed by atoms with E-state index in [4.69, 9.17) is 4.74 Å². The van der Waals surface area contributed by atoms with E-state index < -0.39 is 12.1 Å². The molecule has 0 saturated heterocycles. The van der Waals surface area contributed by atoms with Gasteiger partial charge >= 0.3 is 5.97 Å². The first-order chi connectivity index (χ1) is 32.5. The quantitative estimate of drug-likeness (QED) is 0.0321. The average Bonchev–Trinajstić information content (AvgIpc) is 3.32. The maximum Gasteiger partial charge on any atom is 0.305 e.